The van der Waals surface area contributed by atoms with E-state index in [1.165, 1.54) is 19.2 Å². The summed E-state index contributed by atoms with van der Waals surface area (Å²) >= 11 is 0. The van der Waals surface area contributed by atoms with E-state index in [1.807, 2.05) is 13.0 Å². The summed E-state index contributed by atoms with van der Waals surface area (Å²) in [6, 6.07) is 9.40. The van der Waals surface area contributed by atoms with Gasteiger partial charge < -0.3 is 24.8 Å². The first-order valence-electron chi connectivity index (χ1n) is 9.32. The standard InChI is InChI=1S/C21H25FN2O4/c1-14-5-7-19(20(12-14)27-2)28-18-8-6-15(13-17(18)22)23-21(26)24-10-3-4-16(24)9-11-25/h5-8,12-13,16,25H,3-4,9-11H2,1-2H3,(H,23,26)/t16-/m1/s1. The van der Waals surface area contributed by atoms with Gasteiger partial charge in [-0.15, -0.1) is 0 Å². The monoisotopic (exact) mass is 388 g/mol. The Morgan fingerprint density at radius 3 is 2.75 bits per heavy atom. The fourth-order valence-electron chi connectivity index (χ4n) is 3.39. The number of carbonyl (C=O) groups excluding carboxylic acids is 1. The molecule has 150 valence electrons. The number of hydrogen-bond acceptors (Lipinski definition) is 4. The van der Waals surface area contributed by atoms with E-state index in [1.54, 1.807) is 23.1 Å². The minimum absolute atomic E-state index is 0.0199. The van der Waals surface area contributed by atoms with Crippen molar-refractivity contribution in [1.29, 1.82) is 0 Å². The molecule has 0 radical (unpaired) electrons. The molecule has 2 aromatic carbocycles. The molecule has 1 atom stereocenters. The summed E-state index contributed by atoms with van der Waals surface area (Å²) in [6.45, 7) is 2.60. The Hall–Kier alpha value is -2.80. The minimum Gasteiger partial charge on any atom is -0.493 e. The van der Waals surface area contributed by atoms with Gasteiger partial charge in [0.25, 0.3) is 0 Å². The zero-order valence-electron chi connectivity index (χ0n) is 16.1. The third kappa shape index (κ3) is 4.54. The fourth-order valence-corrected chi connectivity index (χ4v) is 3.39. The lowest BCUT2D eigenvalue weighted by molar-refractivity contribution is 0.189. The molecule has 2 N–H and O–H groups in total. The van der Waals surface area contributed by atoms with Crippen LogP contribution in [0.2, 0.25) is 0 Å². The van der Waals surface area contributed by atoms with Gasteiger partial charge in [0, 0.05) is 30.9 Å². The van der Waals surface area contributed by atoms with Crippen molar-refractivity contribution >= 4 is 11.7 Å². The smallest absolute Gasteiger partial charge is 0.322 e. The molecule has 1 aliphatic heterocycles. The number of aliphatic hydroxyl groups is 1. The Labute approximate surface area is 163 Å². The Balaban J connectivity index is 1.70. The first-order valence-corrected chi connectivity index (χ1v) is 9.32. The summed E-state index contributed by atoms with van der Waals surface area (Å²) in [7, 11) is 1.53. The minimum atomic E-state index is -0.589. The summed E-state index contributed by atoms with van der Waals surface area (Å²) in [5, 5.41) is 11.8. The van der Waals surface area contributed by atoms with E-state index in [4.69, 9.17) is 14.6 Å². The number of nitrogens with zero attached hydrogens (tertiary/aromatic N) is 1. The van der Waals surface area contributed by atoms with E-state index in [9.17, 15) is 9.18 Å². The molecule has 1 aliphatic rings. The van der Waals surface area contributed by atoms with Crippen LogP contribution in [0.4, 0.5) is 14.9 Å². The van der Waals surface area contributed by atoms with Crippen molar-refractivity contribution in [3.63, 3.8) is 0 Å². The van der Waals surface area contributed by atoms with Gasteiger partial charge in [0.1, 0.15) is 0 Å². The molecule has 0 aromatic heterocycles. The van der Waals surface area contributed by atoms with E-state index < -0.39 is 5.82 Å². The van der Waals surface area contributed by atoms with Gasteiger partial charge in [-0.25, -0.2) is 9.18 Å². The number of halogens is 1. The second-order valence-electron chi connectivity index (χ2n) is 6.83. The SMILES string of the molecule is COc1cc(C)ccc1Oc1ccc(NC(=O)N2CCC[C@@H]2CCO)cc1F. The van der Waals surface area contributed by atoms with Crippen molar-refractivity contribution < 1.29 is 23.8 Å². The molecule has 0 saturated carbocycles. The highest BCUT2D eigenvalue weighted by Crippen LogP contribution is 2.34. The quantitative estimate of drug-likeness (QED) is 0.773. The molecule has 3 rings (SSSR count). The highest BCUT2D eigenvalue weighted by atomic mass is 19.1. The molecular weight excluding hydrogens is 363 g/mol. The van der Waals surface area contributed by atoms with Gasteiger partial charge in [-0.1, -0.05) is 6.07 Å². The normalized spacial score (nSPS) is 16.1. The Morgan fingerprint density at radius 2 is 2.04 bits per heavy atom. The molecule has 6 nitrogen and oxygen atoms in total. The second kappa shape index (κ2) is 8.93. The summed E-state index contributed by atoms with van der Waals surface area (Å²) in [4.78, 5) is 14.2. The number of likely N-dealkylation sites (tertiary alicyclic amines) is 1. The van der Waals surface area contributed by atoms with E-state index in [-0.39, 0.29) is 24.4 Å². The summed E-state index contributed by atoms with van der Waals surface area (Å²) in [6.07, 6.45) is 2.32. The number of benzene rings is 2. The fraction of sp³-hybridized carbons (Fsp3) is 0.381. The predicted octanol–water partition coefficient (Wildman–Crippen LogP) is 4.31. The first-order chi connectivity index (χ1) is 13.5. The van der Waals surface area contributed by atoms with E-state index in [0.717, 1.165) is 18.4 Å². The molecular formula is C21H25FN2O4. The maximum absolute atomic E-state index is 14.5. The third-order valence-corrected chi connectivity index (χ3v) is 4.82. The number of aliphatic hydroxyl groups excluding tert-OH is 1. The lowest BCUT2D eigenvalue weighted by atomic mass is 10.1. The summed E-state index contributed by atoms with van der Waals surface area (Å²) < 4.78 is 25.4. The molecule has 0 aliphatic carbocycles. The van der Waals surface area contributed by atoms with Gasteiger partial charge in [-0.05, 0) is 56.0 Å². The first kappa shape index (κ1) is 19.9. The molecule has 0 bridgehead atoms. The highest BCUT2D eigenvalue weighted by molar-refractivity contribution is 5.89. The Kier molecular flexibility index (Phi) is 6.36. The molecule has 1 fully saturated rings. The van der Waals surface area contributed by atoms with Crippen LogP contribution in [0.1, 0.15) is 24.8 Å². The molecule has 2 aromatic rings. The Morgan fingerprint density at radius 1 is 1.25 bits per heavy atom. The number of ether oxygens (including phenoxy) is 2. The number of methoxy groups -OCH3 is 1. The largest absolute Gasteiger partial charge is 0.493 e. The van der Waals surface area contributed by atoms with Crippen molar-refractivity contribution in [3.8, 4) is 17.2 Å². The van der Waals surface area contributed by atoms with Crippen LogP contribution in [0, 0.1) is 12.7 Å². The van der Waals surface area contributed by atoms with Crippen molar-refractivity contribution in [2.45, 2.75) is 32.2 Å². The average molecular weight is 388 g/mol. The van der Waals surface area contributed by atoms with Crippen molar-refractivity contribution in [3.05, 3.63) is 47.8 Å². The Bertz CT molecular complexity index is 843. The number of amides is 2. The molecule has 1 heterocycles. The van der Waals surface area contributed by atoms with Gasteiger partial charge in [-0.2, -0.15) is 0 Å². The maximum Gasteiger partial charge on any atom is 0.322 e. The van der Waals surface area contributed by atoms with Crippen LogP contribution in [-0.4, -0.2) is 42.3 Å². The van der Waals surface area contributed by atoms with Crippen LogP contribution in [0.5, 0.6) is 17.2 Å². The van der Waals surface area contributed by atoms with Gasteiger partial charge in [0.15, 0.2) is 23.1 Å². The molecule has 1 saturated heterocycles. The highest BCUT2D eigenvalue weighted by Gasteiger charge is 2.28. The van der Waals surface area contributed by atoms with Gasteiger partial charge in [0.05, 0.1) is 7.11 Å². The van der Waals surface area contributed by atoms with Crippen LogP contribution in [0.3, 0.4) is 0 Å². The molecule has 2 amide bonds. The van der Waals surface area contributed by atoms with E-state index >= 15 is 0 Å². The lowest BCUT2D eigenvalue weighted by Crippen LogP contribution is -2.39. The number of anilines is 1. The van der Waals surface area contributed by atoms with Crippen LogP contribution >= 0.6 is 0 Å². The van der Waals surface area contributed by atoms with Crippen molar-refractivity contribution in [1.82, 2.24) is 4.90 Å². The molecule has 0 unspecified atom stereocenters. The van der Waals surface area contributed by atoms with Crippen LogP contribution in [0.15, 0.2) is 36.4 Å². The number of nitrogens with one attached hydrogen (secondary N) is 1. The van der Waals surface area contributed by atoms with Crippen LogP contribution in [0.25, 0.3) is 0 Å². The zero-order chi connectivity index (χ0) is 20.1. The van der Waals surface area contributed by atoms with Crippen LogP contribution < -0.4 is 14.8 Å². The van der Waals surface area contributed by atoms with E-state index in [2.05, 4.69) is 5.32 Å². The van der Waals surface area contributed by atoms with Gasteiger partial charge >= 0.3 is 6.03 Å². The maximum atomic E-state index is 14.5. The second-order valence-corrected chi connectivity index (χ2v) is 6.83. The average Bonchev–Trinajstić information content (AvgIpc) is 3.14. The molecule has 0 spiro atoms. The topological polar surface area (TPSA) is 71.0 Å². The summed E-state index contributed by atoms with van der Waals surface area (Å²) in [5.41, 5.74) is 1.35. The predicted molar refractivity (Wildman–Crippen MR) is 105 cm³/mol. The summed E-state index contributed by atoms with van der Waals surface area (Å²) in [5.74, 6) is 0.377. The number of urea groups is 1. The molecule has 7 heteroatoms. The van der Waals surface area contributed by atoms with Gasteiger partial charge in [0.2, 0.25) is 0 Å². The van der Waals surface area contributed by atoms with Crippen LogP contribution in [-0.2, 0) is 0 Å². The number of hydrogen-bond donors (Lipinski definition) is 2. The van der Waals surface area contributed by atoms with Crippen molar-refractivity contribution in [2.24, 2.45) is 0 Å². The molecule has 28 heavy (non-hydrogen) atoms. The lowest BCUT2D eigenvalue weighted by Gasteiger charge is -2.24. The number of aryl methyl sites for hydroxylation is 1. The number of rotatable bonds is 6. The number of carbonyl (C=O) groups is 1. The van der Waals surface area contributed by atoms with Gasteiger partial charge in [-0.3, -0.25) is 0 Å². The zero-order valence-corrected chi connectivity index (χ0v) is 16.1. The van der Waals surface area contributed by atoms with Crippen molar-refractivity contribution in [2.75, 3.05) is 25.6 Å². The van der Waals surface area contributed by atoms with E-state index in [0.29, 0.717) is 30.2 Å². The third-order valence-electron chi connectivity index (χ3n) is 4.82.